The first-order chi connectivity index (χ1) is 21.2. The molecule has 4 aromatic rings. The molecule has 224 valence electrons. The van der Waals surface area contributed by atoms with Crippen molar-refractivity contribution >= 4 is 69.8 Å². The van der Waals surface area contributed by atoms with Gasteiger partial charge in [0.2, 0.25) is 17.7 Å². The van der Waals surface area contributed by atoms with Crippen LogP contribution in [0.2, 0.25) is 5.02 Å². The molecule has 9 nitrogen and oxygen atoms in total. The molecule has 0 aliphatic carbocycles. The van der Waals surface area contributed by atoms with E-state index in [-0.39, 0.29) is 18.7 Å². The molecule has 0 spiro atoms. The summed E-state index contributed by atoms with van der Waals surface area (Å²) in [6, 6.07) is 18.1. The maximum Gasteiger partial charge on any atom is 0.338 e. The van der Waals surface area contributed by atoms with Gasteiger partial charge in [0.1, 0.15) is 17.6 Å². The zero-order valence-electron chi connectivity index (χ0n) is 23.0. The van der Waals surface area contributed by atoms with Crippen LogP contribution in [0.3, 0.4) is 0 Å². The minimum Gasteiger partial charge on any atom is -0.462 e. The van der Waals surface area contributed by atoms with E-state index in [9.17, 15) is 28.4 Å². The van der Waals surface area contributed by atoms with Crippen molar-refractivity contribution in [2.75, 3.05) is 16.8 Å². The Kier molecular flexibility index (Phi) is 8.14. The molecule has 13 heteroatoms. The van der Waals surface area contributed by atoms with Gasteiger partial charge >= 0.3 is 10.8 Å². The molecular formula is C31H23ClFN3O6S2. The summed E-state index contributed by atoms with van der Waals surface area (Å²) >= 11 is 8.16. The number of anilines is 2. The van der Waals surface area contributed by atoms with E-state index in [1.54, 1.807) is 31.2 Å². The van der Waals surface area contributed by atoms with Crippen LogP contribution < -0.4 is 15.1 Å². The fraction of sp³-hybridized carbons (Fsp3) is 0.194. The van der Waals surface area contributed by atoms with Crippen LogP contribution >= 0.6 is 34.7 Å². The van der Waals surface area contributed by atoms with Gasteiger partial charge in [-0.25, -0.2) is 14.1 Å². The zero-order valence-corrected chi connectivity index (χ0v) is 25.4. The molecular weight excluding hydrogens is 629 g/mol. The molecule has 0 unspecified atom stereocenters. The highest BCUT2D eigenvalue weighted by atomic mass is 35.5. The molecule has 3 atom stereocenters. The number of fused-ring (bicyclic) bond motifs is 2. The summed E-state index contributed by atoms with van der Waals surface area (Å²) in [4.78, 5) is 67.5. The molecule has 3 amide bonds. The highest BCUT2D eigenvalue weighted by Crippen LogP contribution is 2.54. The third kappa shape index (κ3) is 5.44. The van der Waals surface area contributed by atoms with Gasteiger partial charge in [0.15, 0.2) is 0 Å². The van der Waals surface area contributed by atoms with Crippen molar-refractivity contribution in [3.8, 4) is 0 Å². The number of nitrogens with one attached hydrogen (secondary N) is 1. The van der Waals surface area contributed by atoms with Crippen LogP contribution in [0.5, 0.6) is 0 Å². The van der Waals surface area contributed by atoms with Gasteiger partial charge in [-0.2, -0.15) is 0 Å². The predicted octanol–water partition coefficient (Wildman–Crippen LogP) is 5.31. The fourth-order valence-corrected chi connectivity index (χ4v) is 8.28. The number of benzene rings is 3. The lowest BCUT2D eigenvalue weighted by molar-refractivity contribution is -0.122. The molecule has 0 radical (unpaired) electrons. The number of thioether (sulfide) groups is 1. The van der Waals surface area contributed by atoms with E-state index < -0.39 is 51.5 Å². The molecule has 2 aliphatic rings. The fourth-order valence-electron chi connectivity index (χ4n) is 5.38. The molecule has 3 heterocycles. The van der Waals surface area contributed by atoms with Gasteiger partial charge in [0.25, 0.3) is 0 Å². The number of imide groups is 1. The minimum absolute atomic E-state index is 0.208. The second-order valence-electron chi connectivity index (χ2n) is 10.1. The van der Waals surface area contributed by atoms with Crippen LogP contribution in [0.4, 0.5) is 15.8 Å². The van der Waals surface area contributed by atoms with Crippen molar-refractivity contribution in [3.05, 3.63) is 109 Å². The van der Waals surface area contributed by atoms with Gasteiger partial charge < -0.3 is 10.1 Å². The Morgan fingerprint density at radius 1 is 0.955 bits per heavy atom. The van der Waals surface area contributed by atoms with Crippen LogP contribution in [-0.2, 0) is 25.7 Å². The quantitative estimate of drug-likeness (QED) is 0.213. The number of carbonyl (C=O) groups excluding carboxylic acids is 4. The highest BCUT2D eigenvalue weighted by Gasteiger charge is 2.56. The lowest BCUT2D eigenvalue weighted by Crippen LogP contribution is -2.33. The average molecular weight is 652 g/mol. The molecule has 3 aromatic carbocycles. The Morgan fingerprint density at radius 3 is 2.30 bits per heavy atom. The normalized spacial score (nSPS) is 19.0. The van der Waals surface area contributed by atoms with Crippen LogP contribution in [0.15, 0.2) is 82.6 Å². The first kappa shape index (κ1) is 29.8. The van der Waals surface area contributed by atoms with Crippen LogP contribution in [0.1, 0.15) is 33.6 Å². The van der Waals surface area contributed by atoms with Gasteiger partial charge in [-0.1, -0.05) is 46.8 Å². The topological polar surface area (TPSA) is 115 Å². The van der Waals surface area contributed by atoms with Gasteiger partial charge in [-0.15, -0.1) is 0 Å². The second-order valence-corrected chi connectivity index (χ2v) is 12.6. The van der Waals surface area contributed by atoms with E-state index >= 15 is 0 Å². The molecule has 1 aromatic heterocycles. The largest absolute Gasteiger partial charge is 0.462 e. The van der Waals surface area contributed by atoms with Crippen LogP contribution in [0, 0.1) is 11.7 Å². The highest BCUT2D eigenvalue weighted by molar-refractivity contribution is 8.00. The third-order valence-electron chi connectivity index (χ3n) is 7.34. The number of amides is 3. The molecule has 1 fully saturated rings. The van der Waals surface area contributed by atoms with E-state index in [2.05, 4.69) is 5.32 Å². The zero-order chi connectivity index (χ0) is 31.1. The lowest BCUT2D eigenvalue weighted by atomic mass is 9.83. The third-order valence-corrected chi connectivity index (χ3v) is 10.2. The Bertz CT molecular complexity index is 1840. The average Bonchev–Trinajstić information content (AvgIpc) is 3.45. The van der Waals surface area contributed by atoms with Crippen molar-refractivity contribution in [1.29, 1.82) is 0 Å². The number of hydrogen-bond donors (Lipinski definition) is 1. The Balaban J connectivity index is 1.36. The van der Waals surface area contributed by atoms with Gasteiger partial charge in [0, 0.05) is 21.5 Å². The summed E-state index contributed by atoms with van der Waals surface area (Å²) < 4.78 is 19.6. The van der Waals surface area contributed by atoms with Gasteiger partial charge in [0.05, 0.1) is 28.8 Å². The number of esters is 1. The number of thiazole rings is 1. The number of halogens is 2. The standard InChI is InChI=1S/C31H23ClFN3O6S2/c1-2-42-30(40)17-5-13-21(14-6-17)36-27(38)24-23(16-3-7-18(32)8-4-16)26-29(43-25(24)28(36)39)35(31(41)44-26)15-22(37)34-20-11-9-19(33)10-12-20/h3-14,23-25H,2,15H2,1H3,(H,34,37)/t23-,24+,25-/m0/s1. The smallest absolute Gasteiger partial charge is 0.338 e. The number of rotatable bonds is 7. The lowest BCUT2D eigenvalue weighted by Gasteiger charge is -2.30. The van der Waals surface area contributed by atoms with Crippen LogP contribution in [0.25, 0.3) is 0 Å². The molecule has 2 aliphatic heterocycles. The summed E-state index contributed by atoms with van der Waals surface area (Å²) in [7, 11) is 0. The van der Waals surface area contributed by atoms with Crippen LogP contribution in [-0.4, -0.2) is 40.1 Å². The van der Waals surface area contributed by atoms with Crippen molar-refractivity contribution in [1.82, 2.24) is 4.57 Å². The molecule has 44 heavy (non-hydrogen) atoms. The molecule has 6 rings (SSSR count). The van der Waals surface area contributed by atoms with Gasteiger partial charge in [-0.05, 0) is 73.2 Å². The summed E-state index contributed by atoms with van der Waals surface area (Å²) in [5.41, 5.74) is 1.64. The summed E-state index contributed by atoms with van der Waals surface area (Å²) in [6.07, 6.45) is 0. The SMILES string of the molecule is CCOC(=O)c1ccc(N2C(=O)[C@@H]3[C@H](c4ccc(Cl)cc4)c4sc(=O)n(CC(=O)Nc5ccc(F)cc5)c4S[C@@H]3C2=O)cc1. The minimum atomic E-state index is -0.888. The van der Waals surface area contributed by atoms with Crippen molar-refractivity contribution in [2.24, 2.45) is 5.92 Å². The van der Waals surface area contributed by atoms with E-state index in [1.165, 1.54) is 53.1 Å². The van der Waals surface area contributed by atoms with Gasteiger partial charge in [-0.3, -0.25) is 23.7 Å². The Morgan fingerprint density at radius 2 is 1.64 bits per heavy atom. The summed E-state index contributed by atoms with van der Waals surface area (Å²) in [5.74, 6) is -3.90. The Labute approximate surface area is 263 Å². The van der Waals surface area contributed by atoms with Crippen molar-refractivity contribution < 1.29 is 28.3 Å². The maximum atomic E-state index is 14.0. The number of carbonyl (C=O) groups is 4. The number of hydrogen-bond acceptors (Lipinski definition) is 8. The first-order valence-electron chi connectivity index (χ1n) is 13.5. The number of aromatic nitrogens is 1. The van der Waals surface area contributed by atoms with E-state index in [0.29, 0.717) is 31.9 Å². The monoisotopic (exact) mass is 651 g/mol. The first-order valence-corrected chi connectivity index (χ1v) is 15.6. The molecule has 0 bridgehead atoms. The molecule has 1 N–H and O–H groups in total. The van der Waals surface area contributed by atoms with E-state index in [0.717, 1.165) is 28.0 Å². The number of ether oxygens (including phenoxy) is 1. The van der Waals surface area contributed by atoms with E-state index in [4.69, 9.17) is 16.3 Å². The van der Waals surface area contributed by atoms with E-state index in [1.807, 2.05) is 0 Å². The second kappa shape index (κ2) is 12.0. The predicted molar refractivity (Wildman–Crippen MR) is 165 cm³/mol. The molecule has 1 saturated heterocycles. The summed E-state index contributed by atoms with van der Waals surface area (Å²) in [6.45, 7) is 1.56. The maximum absolute atomic E-state index is 14.0. The van der Waals surface area contributed by atoms with Crippen molar-refractivity contribution in [2.45, 2.75) is 29.7 Å². The van der Waals surface area contributed by atoms with Crippen molar-refractivity contribution in [3.63, 3.8) is 0 Å². The number of nitrogens with zero attached hydrogens (tertiary/aromatic N) is 2. The Hall–Kier alpha value is -4.26. The summed E-state index contributed by atoms with van der Waals surface area (Å²) in [5, 5.41) is 2.68. The molecule has 0 saturated carbocycles.